The van der Waals surface area contributed by atoms with Crippen molar-refractivity contribution in [3.63, 3.8) is 0 Å². The Morgan fingerprint density at radius 1 is 0.967 bits per heavy atom. The maximum Gasteiger partial charge on any atom is 0.235 e. The second kappa shape index (κ2) is 7.26. The molecule has 1 fully saturated rings. The lowest BCUT2D eigenvalue weighted by molar-refractivity contribution is -0.118. The Morgan fingerprint density at radius 3 is 2.50 bits per heavy atom. The van der Waals surface area contributed by atoms with Gasteiger partial charge in [0.2, 0.25) is 5.91 Å². The van der Waals surface area contributed by atoms with Crippen molar-refractivity contribution in [1.29, 1.82) is 0 Å². The third-order valence-electron chi connectivity index (χ3n) is 5.70. The van der Waals surface area contributed by atoms with Gasteiger partial charge in [0, 0.05) is 17.1 Å². The van der Waals surface area contributed by atoms with E-state index in [9.17, 15) is 4.79 Å². The standard InChI is InChI=1S/C25H22N2O3/c1-29-18-11-12-21-19(15-18)20(16-26-21)25(13-14-25)24(28)27-22-9-5-6-10-23(22)30-17-7-3-2-4-8-17/h2-12,15-16,26H,13-14H2,1H3,(H,27,28). The zero-order valence-electron chi connectivity index (χ0n) is 16.6. The minimum absolute atomic E-state index is 0.0182. The monoisotopic (exact) mass is 398 g/mol. The second-order valence-corrected chi connectivity index (χ2v) is 7.56. The summed E-state index contributed by atoms with van der Waals surface area (Å²) in [5.74, 6) is 2.11. The Labute approximate surface area is 174 Å². The number of ether oxygens (including phenoxy) is 2. The van der Waals surface area contributed by atoms with E-state index in [0.29, 0.717) is 11.4 Å². The number of carbonyl (C=O) groups excluding carboxylic acids is 1. The molecule has 0 spiro atoms. The van der Waals surface area contributed by atoms with Crippen LogP contribution < -0.4 is 14.8 Å². The number of H-pyrrole nitrogens is 1. The van der Waals surface area contributed by atoms with Gasteiger partial charge in [-0.1, -0.05) is 30.3 Å². The molecule has 1 amide bonds. The molecule has 1 heterocycles. The number of fused-ring (bicyclic) bond motifs is 1. The summed E-state index contributed by atoms with van der Waals surface area (Å²) in [6, 6.07) is 22.9. The highest BCUT2D eigenvalue weighted by Crippen LogP contribution is 2.51. The van der Waals surface area contributed by atoms with Gasteiger partial charge in [-0.2, -0.15) is 0 Å². The van der Waals surface area contributed by atoms with Gasteiger partial charge in [-0.05, 0) is 60.9 Å². The van der Waals surface area contributed by atoms with Gasteiger partial charge in [0.15, 0.2) is 5.75 Å². The van der Waals surface area contributed by atoms with Gasteiger partial charge in [0.1, 0.15) is 11.5 Å². The van der Waals surface area contributed by atoms with Crippen LogP contribution >= 0.6 is 0 Å². The number of aromatic nitrogens is 1. The van der Waals surface area contributed by atoms with E-state index in [0.717, 1.165) is 40.8 Å². The van der Waals surface area contributed by atoms with Crippen molar-refractivity contribution in [3.05, 3.63) is 84.6 Å². The van der Waals surface area contributed by atoms with Crippen molar-refractivity contribution < 1.29 is 14.3 Å². The average Bonchev–Trinajstić information content (AvgIpc) is 3.48. The van der Waals surface area contributed by atoms with E-state index in [1.54, 1.807) is 7.11 Å². The van der Waals surface area contributed by atoms with Gasteiger partial charge in [0.25, 0.3) is 0 Å². The lowest BCUT2D eigenvalue weighted by Gasteiger charge is -2.17. The zero-order chi connectivity index (χ0) is 20.6. The molecule has 0 aliphatic heterocycles. The van der Waals surface area contributed by atoms with Gasteiger partial charge in [0.05, 0.1) is 18.2 Å². The number of benzene rings is 3. The average molecular weight is 398 g/mol. The molecule has 2 N–H and O–H groups in total. The number of hydrogen-bond acceptors (Lipinski definition) is 3. The molecular formula is C25H22N2O3. The highest BCUT2D eigenvalue weighted by molar-refractivity contribution is 6.05. The van der Waals surface area contributed by atoms with Crippen molar-refractivity contribution in [1.82, 2.24) is 4.98 Å². The van der Waals surface area contributed by atoms with Crippen LogP contribution in [-0.4, -0.2) is 18.0 Å². The number of anilines is 1. The summed E-state index contributed by atoms with van der Waals surface area (Å²) < 4.78 is 11.4. The van der Waals surface area contributed by atoms with E-state index in [1.165, 1.54) is 0 Å². The van der Waals surface area contributed by atoms with Crippen molar-refractivity contribution in [2.75, 3.05) is 12.4 Å². The maximum atomic E-state index is 13.4. The Bertz CT molecular complexity index is 1210. The highest BCUT2D eigenvalue weighted by atomic mass is 16.5. The van der Waals surface area contributed by atoms with E-state index in [1.807, 2.05) is 79.0 Å². The molecule has 1 aromatic heterocycles. The molecule has 150 valence electrons. The highest BCUT2D eigenvalue weighted by Gasteiger charge is 2.52. The fourth-order valence-corrected chi connectivity index (χ4v) is 3.88. The molecule has 5 rings (SSSR count). The van der Waals surface area contributed by atoms with Crippen LogP contribution in [0.4, 0.5) is 5.69 Å². The second-order valence-electron chi connectivity index (χ2n) is 7.56. The quantitative estimate of drug-likeness (QED) is 0.442. The molecule has 3 aromatic carbocycles. The molecule has 1 saturated carbocycles. The number of rotatable bonds is 6. The summed E-state index contributed by atoms with van der Waals surface area (Å²) >= 11 is 0. The lowest BCUT2D eigenvalue weighted by atomic mass is 9.94. The van der Waals surface area contributed by atoms with E-state index in [2.05, 4.69) is 10.3 Å². The molecule has 4 aromatic rings. The normalized spacial score (nSPS) is 14.3. The number of aromatic amines is 1. The van der Waals surface area contributed by atoms with Gasteiger partial charge in [-0.3, -0.25) is 4.79 Å². The molecule has 0 unspecified atom stereocenters. The molecular weight excluding hydrogens is 376 g/mol. The summed E-state index contributed by atoms with van der Waals surface area (Å²) in [4.78, 5) is 16.7. The Morgan fingerprint density at radius 2 is 1.73 bits per heavy atom. The first-order valence-electron chi connectivity index (χ1n) is 9.99. The molecule has 0 bridgehead atoms. The van der Waals surface area contributed by atoms with Crippen molar-refractivity contribution in [3.8, 4) is 17.2 Å². The van der Waals surface area contributed by atoms with Crippen LogP contribution in [0.3, 0.4) is 0 Å². The first-order chi connectivity index (χ1) is 14.7. The SMILES string of the molecule is COc1ccc2[nH]cc(C3(C(=O)Nc4ccccc4Oc4ccccc4)CC3)c2c1. The minimum Gasteiger partial charge on any atom is -0.497 e. The summed E-state index contributed by atoms with van der Waals surface area (Å²) in [7, 11) is 1.65. The van der Waals surface area contributed by atoms with Crippen molar-refractivity contribution in [2.24, 2.45) is 0 Å². The minimum atomic E-state index is -0.537. The summed E-state index contributed by atoms with van der Waals surface area (Å²) in [6.45, 7) is 0. The molecule has 5 nitrogen and oxygen atoms in total. The van der Waals surface area contributed by atoms with Crippen LogP contribution in [0.15, 0.2) is 79.0 Å². The summed E-state index contributed by atoms with van der Waals surface area (Å²) in [6.07, 6.45) is 3.57. The fraction of sp³-hybridized carbons (Fsp3) is 0.160. The summed E-state index contributed by atoms with van der Waals surface area (Å²) in [5.41, 5.74) is 2.13. The van der Waals surface area contributed by atoms with Gasteiger partial charge in [-0.25, -0.2) is 0 Å². The molecule has 30 heavy (non-hydrogen) atoms. The van der Waals surface area contributed by atoms with Crippen LogP contribution in [0, 0.1) is 0 Å². The van der Waals surface area contributed by atoms with Crippen molar-refractivity contribution >= 4 is 22.5 Å². The molecule has 1 aliphatic rings. The molecule has 5 heteroatoms. The molecule has 1 aliphatic carbocycles. The van der Waals surface area contributed by atoms with Crippen LogP contribution in [0.2, 0.25) is 0 Å². The molecule has 0 saturated heterocycles. The summed E-state index contributed by atoms with van der Waals surface area (Å²) in [5, 5.41) is 4.13. The topological polar surface area (TPSA) is 63.4 Å². The van der Waals surface area contributed by atoms with E-state index in [4.69, 9.17) is 9.47 Å². The number of amides is 1. The number of hydrogen-bond donors (Lipinski definition) is 2. The van der Waals surface area contributed by atoms with Gasteiger partial charge in [-0.15, -0.1) is 0 Å². The largest absolute Gasteiger partial charge is 0.497 e. The van der Waals surface area contributed by atoms with Crippen LogP contribution in [0.5, 0.6) is 17.2 Å². The number of nitrogens with one attached hydrogen (secondary N) is 2. The Balaban J connectivity index is 1.44. The van der Waals surface area contributed by atoms with Gasteiger partial charge >= 0.3 is 0 Å². The molecule has 0 radical (unpaired) electrons. The lowest BCUT2D eigenvalue weighted by Crippen LogP contribution is -2.27. The Hall–Kier alpha value is -3.73. The third kappa shape index (κ3) is 3.18. The number of para-hydroxylation sites is 3. The zero-order valence-corrected chi connectivity index (χ0v) is 16.6. The smallest absolute Gasteiger partial charge is 0.235 e. The first kappa shape index (κ1) is 18.3. The third-order valence-corrected chi connectivity index (χ3v) is 5.70. The number of methoxy groups -OCH3 is 1. The van der Waals surface area contributed by atoms with Crippen LogP contribution in [0.25, 0.3) is 10.9 Å². The van der Waals surface area contributed by atoms with E-state index >= 15 is 0 Å². The van der Waals surface area contributed by atoms with Gasteiger partial charge < -0.3 is 19.8 Å². The fourth-order valence-electron chi connectivity index (χ4n) is 3.88. The van der Waals surface area contributed by atoms with Crippen molar-refractivity contribution in [2.45, 2.75) is 18.3 Å². The van der Waals surface area contributed by atoms with E-state index < -0.39 is 5.41 Å². The predicted molar refractivity (Wildman–Crippen MR) is 117 cm³/mol. The Kier molecular flexibility index (Phi) is 4.43. The van der Waals surface area contributed by atoms with Crippen LogP contribution in [0.1, 0.15) is 18.4 Å². The van der Waals surface area contributed by atoms with E-state index in [-0.39, 0.29) is 5.91 Å². The first-order valence-corrected chi connectivity index (χ1v) is 9.99. The van der Waals surface area contributed by atoms with Crippen LogP contribution in [-0.2, 0) is 10.2 Å². The number of carbonyl (C=O) groups is 1. The molecule has 0 atom stereocenters. The maximum absolute atomic E-state index is 13.4. The predicted octanol–water partition coefficient (Wildman–Crippen LogP) is 5.64.